The van der Waals surface area contributed by atoms with Gasteiger partial charge in [-0.3, -0.25) is 9.13 Å². The Morgan fingerprint density at radius 1 is 0.537 bits per heavy atom. The number of fused-ring (bicyclic) bond motifs is 3. The summed E-state index contributed by atoms with van der Waals surface area (Å²) >= 11 is 0. The predicted molar refractivity (Wildman–Crippen MR) is 275 cm³/mol. The van der Waals surface area contributed by atoms with Gasteiger partial charge in [0.25, 0.3) is 6.33 Å². The van der Waals surface area contributed by atoms with Crippen LogP contribution in [0.2, 0.25) is 0 Å². The summed E-state index contributed by atoms with van der Waals surface area (Å²) in [5.41, 5.74) is 5.48. The topological polar surface area (TPSA) is 48.8 Å². The zero-order valence-electron chi connectivity index (χ0n) is 49.2. The van der Waals surface area contributed by atoms with E-state index in [1.54, 1.807) is 22.8 Å². The number of benzene rings is 7. The fraction of sp³-hybridized carbons (Fsp3) is 0.197. The Kier molecular flexibility index (Phi) is 8.22. The first kappa shape index (κ1) is 33.0. The highest BCUT2D eigenvalue weighted by atomic mass is 16.5. The number of hydrogen-bond acceptors (Lipinski definition) is 3. The van der Waals surface area contributed by atoms with E-state index >= 15 is 0 Å². The lowest BCUT2D eigenvalue weighted by Crippen LogP contribution is -2.34. The van der Waals surface area contributed by atoms with Gasteiger partial charge in [-0.15, -0.1) is 5.10 Å². The second-order valence-corrected chi connectivity index (χ2v) is 20.0. The Morgan fingerprint density at radius 3 is 1.81 bits per heavy atom. The van der Waals surface area contributed by atoms with E-state index in [2.05, 4.69) is 104 Å². The summed E-state index contributed by atoms with van der Waals surface area (Å²) in [7, 11) is 0. The zero-order valence-corrected chi connectivity index (χ0v) is 39.2. The minimum Gasteiger partial charge on any atom is -0.458 e. The molecule has 0 aliphatic heterocycles. The third kappa shape index (κ3) is 8.45. The maximum Gasteiger partial charge on any atom is 0.273 e. The summed E-state index contributed by atoms with van der Waals surface area (Å²) in [5.74, 6) is 2.24. The Morgan fingerprint density at radius 2 is 1.16 bits per heavy atom. The fourth-order valence-electron chi connectivity index (χ4n) is 8.44. The van der Waals surface area contributed by atoms with Crippen LogP contribution in [0.5, 0.6) is 11.5 Å². The molecule has 0 radical (unpaired) electrons. The van der Waals surface area contributed by atoms with Crippen LogP contribution in [0.15, 0.2) is 182 Å². The van der Waals surface area contributed by atoms with Gasteiger partial charge in [-0.25, -0.2) is 4.98 Å². The summed E-state index contributed by atoms with van der Waals surface area (Å²) in [6.07, 6.45) is 5.29. The van der Waals surface area contributed by atoms with Crippen molar-refractivity contribution in [1.29, 1.82) is 0 Å². The van der Waals surface area contributed by atoms with Gasteiger partial charge in [-0.05, 0) is 97.7 Å². The first-order valence-electron chi connectivity index (χ1n) is 27.4. The Labute approximate surface area is 408 Å². The minimum absolute atomic E-state index is 0.0607. The van der Waals surface area contributed by atoms with Crippen molar-refractivity contribution in [2.75, 3.05) is 0 Å². The lowest BCUT2D eigenvalue weighted by Gasteiger charge is -2.22. The molecule has 0 saturated carbocycles. The maximum atomic E-state index is 9.14. The van der Waals surface area contributed by atoms with Crippen molar-refractivity contribution in [2.45, 2.75) is 78.6 Å². The molecule has 6 nitrogen and oxygen atoms in total. The summed E-state index contributed by atoms with van der Waals surface area (Å²) in [6.45, 7) is 19.2. The number of hydrogen-bond donors (Lipinski definition) is 0. The van der Waals surface area contributed by atoms with E-state index in [4.69, 9.17) is 28.5 Å². The van der Waals surface area contributed by atoms with Crippen molar-refractivity contribution < 1.29 is 23.1 Å². The van der Waals surface area contributed by atoms with E-state index < -0.39 is 65.8 Å². The van der Waals surface area contributed by atoms with Gasteiger partial charge in [0, 0.05) is 28.6 Å². The van der Waals surface area contributed by atoms with Crippen LogP contribution in [0.3, 0.4) is 0 Å². The quantitative estimate of drug-likeness (QED) is 0.113. The van der Waals surface area contributed by atoms with Crippen LogP contribution in [0.1, 0.15) is 92.7 Å². The van der Waals surface area contributed by atoms with E-state index in [0.717, 1.165) is 44.3 Å². The van der Waals surface area contributed by atoms with Gasteiger partial charge >= 0.3 is 0 Å². The Balaban J connectivity index is 1.23. The molecular formula is C61H57N5O. The number of aromatic nitrogens is 5. The van der Waals surface area contributed by atoms with E-state index in [9.17, 15) is 0 Å². The van der Waals surface area contributed by atoms with Crippen LogP contribution in [-0.4, -0.2) is 19.2 Å². The van der Waals surface area contributed by atoms with Gasteiger partial charge < -0.3 is 4.74 Å². The third-order valence-electron chi connectivity index (χ3n) is 12.1. The summed E-state index contributed by atoms with van der Waals surface area (Å²) in [6, 6.07) is 31.6. The highest BCUT2D eigenvalue weighted by molar-refractivity contribution is 6.09. The van der Waals surface area contributed by atoms with Crippen molar-refractivity contribution in [2.24, 2.45) is 0 Å². The molecular weight excluding hydrogens is 819 g/mol. The molecule has 10 rings (SSSR count). The fourth-order valence-corrected chi connectivity index (χ4v) is 8.44. The van der Waals surface area contributed by atoms with Crippen molar-refractivity contribution >= 4 is 21.8 Å². The maximum absolute atomic E-state index is 9.14. The SMILES string of the molecule is [2H]c1c([2H])c([2H])c(-c2cccc(-c3c([2H])c([2H])c([2H])c([2H])c3[2H])c2-[n+]2[c-]n(-c3cc(Oc4ccc5c6ccccc6n(-c6cc(C(C)(C)C)ccn6)c5c4)cc(C(C)(C)C)c3)c(-c3ccc(C(C)(C)C)cc3)n2)c([2H])c1[2H]. The molecule has 0 bridgehead atoms. The molecule has 0 unspecified atom stereocenters. The normalized spacial score (nSPS) is 14.3. The molecule has 0 spiro atoms. The molecule has 3 heterocycles. The average molecular weight is 886 g/mol. The molecule has 0 aliphatic carbocycles. The Hall–Kier alpha value is -7.57. The highest BCUT2D eigenvalue weighted by Gasteiger charge is 2.24. The molecule has 67 heavy (non-hydrogen) atoms. The van der Waals surface area contributed by atoms with Gasteiger partial charge in [0.05, 0.1) is 36.1 Å². The van der Waals surface area contributed by atoms with E-state index in [1.165, 1.54) is 4.68 Å². The van der Waals surface area contributed by atoms with E-state index in [1.807, 2.05) is 72.9 Å². The molecule has 7 aromatic carbocycles. The van der Waals surface area contributed by atoms with Crippen LogP contribution >= 0.6 is 0 Å². The summed E-state index contributed by atoms with van der Waals surface area (Å²) < 4.78 is 100. The molecule has 10 aromatic rings. The van der Waals surface area contributed by atoms with E-state index in [0.29, 0.717) is 28.6 Å². The summed E-state index contributed by atoms with van der Waals surface area (Å²) in [5, 5.41) is 7.33. The van der Waals surface area contributed by atoms with Crippen LogP contribution in [0, 0.1) is 6.33 Å². The van der Waals surface area contributed by atoms with Gasteiger partial charge in [-0.2, -0.15) is 4.68 Å². The first-order valence-corrected chi connectivity index (χ1v) is 22.4. The molecule has 0 atom stereocenters. The molecule has 0 N–H and O–H groups in total. The second kappa shape index (κ2) is 16.7. The molecule has 3 aromatic heterocycles. The van der Waals surface area contributed by atoms with Gasteiger partial charge in [0.2, 0.25) is 0 Å². The Bertz CT molecular complexity index is 3880. The van der Waals surface area contributed by atoms with Gasteiger partial charge in [0.15, 0.2) is 5.82 Å². The molecule has 0 amide bonds. The number of ether oxygens (including phenoxy) is 1. The van der Waals surface area contributed by atoms with E-state index in [-0.39, 0.29) is 38.8 Å². The second-order valence-electron chi connectivity index (χ2n) is 20.0. The van der Waals surface area contributed by atoms with Crippen molar-refractivity contribution in [3.8, 4) is 62.3 Å². The number of para-hydroxylation sites is 2. The van der Waals surface area contributed by atoms with Crippen LogP contribution in [-0.2, 0) is 16.2 Å². The van der Waals surface area contributed by atoms with Crippen molar-refractivity contribution in [3.63, 3.8) is 0 Å². The number of pyridine rings is 1. The zero-order chi connectivity index (χ0) is 55.4. The molecule has 0 saturated heterocycles. The first-order chi connectivity index (χ1) is 36.2. The predicted octanol–water partition coefficient (Wildman–Crippen LogP) is 15.1. The molecule has 0 fully saturated rings. The van der Waals surface area contributed by atoms with Crippen LogP contribution < -0.4 is 9.42 Å². The standard InChI is InChI=1S/C61H57N5O/c1-59(2,3)44-29-27-43(28-30-44)58-63-65(57-50(41-19-12-10-13-20-41)24-18-25-51(57)42-21-14-11-15-22-42)40-64(58)47-35-46(61(7,8)9)36-49(38-47)67-48-31-32-53-52-23-16-17-26-54(52)66(55(53)39-48)56-37-45(33-34-62-56)60(4,5)6/h10-39H,1-9H3/i10D,11D,12D,13D,14D,15D,19D,20D,21D,22D. The minimum atomic E-state index is -0.585. The lowest BCUT2D eigenvalue weighted by molar-refractivity contribution is -0.659. The van der Waals surface area contributed by atoms with Crippen LogP contribution in [0.4, 0.5) is 0 Å². The van der Waals surface area contributed by atoms with Gasteiger partial charge in [0.1, 0.15) is 17.3 Å². The smallest absolute Gasteiger partial charge is 0.273 e. The average Bonchev–Trinajstić information content (AvgIpc) is 4.13. The number of rotatable bonds is 8. The number of nitrogens with zero attached hydrogens (tertiary/aromatic N) is 5. The largest absolute Gasteiger partial charge is 0.458 e. The third-order valence-corrected chi connectivity index (χ3v) is 12.1. The summed E-state index contributed by atoms with van der Waals surface area (Å²) in [4.78, 5) is 4.87. The van der Waals surface area contributed by atoms with Crippen LogP contribution in [0.25, 0.3) is 72.6 Å². The van der Waals surface area contributed by atoms with Crippen molar-refractivity contribution in [1.82, 2.24) is 19.2 Å². The molecule has 332 valence electrons. The molecule has 6 heteroatoms. The van der Waals surface area contributed by atoms with Gasteiger partial charge in [-0.1, -0.05) is 189 Å². The van der Waals surface area contributed by atoms with Crippen molar-refractivity contribution in [3.05, 3.63) is 205 Å². The lowest BCUT2D eigenvalue weighted by atomic mass is 9.86. The monoisotopic (exact) mass is 886 g/mol. The molecule has 0 aliphatic rings. The highest BCUT2D eigenvalue weighted by Crippen LogP contribution is 2.39.